The molecule has 2 nitrogen and oxygen atoms in total. The van der Waals surface area contributed by atoms with Crippen LogP contribution in [0.1, 0.15) is 11.1 Å². The average molecular weight is 324 g/mol. The molecule has 2 aromatic carbocycles. The fourth-order valence-corrected chi connectivity index (χ4v) is 2.34. The molecule has 0 aliphatic heterocycles. The minimum atomic E-state index is -0.333. The molecule has 2 aromatic rings. The summed E-state index contributed by atoms with van der Waals surface area (Å²) in [6.07, 6.45) is 0.845. The molecule has 0 fully saturated rings. The lowest BCUT2D eigenvalue weighted by Gasteiger charge is -2.10. The Bertz CT molecular complexity index is 566. The van der Waals surface area contributed by atoms with E-state index in [0.29, 0.717) is 22.5 Å². The topological polar surface area (TPSA) is 35.2 Å². The van der Waals surface area contributed by atoms with Gasteiger partial charge in [0.1, 0.15) is 17.3 Å². The zero-order chi connectivity index (χ0) is 13.8. The van der Waals surface area contributed by atoms with E-state index in [4.69, 9.17) is 10.5 Å². The summed E-state index contributed by atoms with van der Waals surface area (Å²) in [4.78, 5) is 0. The van der Waals surface area contributed by atoms with Gasteiger partial charge in [0.2, 0.25) is 0 Å². The maximum Gasteiger partial charge on any atom is 0.131 e. The lowest BCUT2D eigenvalue weighted by Crippen LogP contribution is -2.04. The van der Waals surface area contributed by atoms with Gasteiger partial charge in [-0.3, -0.25) is 0 Å². The molecule has 2 N–H and O–H groups in total. The molecule has 0 saturated heterocycles. The second kappa shape index (κ2) is 6.17. The van der Waals surface area contributed by atoms with Gasteiger partial charge in [-0.15, -0.1) is 0 Å². The smallest absolute Gasteiger partial charge is 0.131 e. The molecule has 0 saturated carbocycles. The number of ether oxygens (including phenoxy) is 1. The molecule has 4 heteroatoms. The van der Waals surface area contributed by atoms with Crippen molar-refractivity contribution in [2.24, 2.45) is 5.73 Å². The van der Waals surface area contributed by atoms with Crippen molar-refractivity contribution >= 4 is 15.9 Å². The number of aryl methyl sites for hydroxylation is 1. The molecule has 0 aliphatic carbocycles. The fraction of sp³-hybridized carbons (Fsp3) is 0.200. The van der Waals surface area contributed by atoms with E-state index in [1.54, 1.807) is 6.07 Å². The minimum Gasteiger partial charge on any atom is -0.457 e. The number of hydrogen-bond acceptors (Lipinski definition) is 2. The maximum atomic E-state index is 13.3. The highest BCUT2D eigenvalue weighted by Crippen LogP contribution is 2.27. The second-order valence-electron chi connectivity index (χ2n) is 4.33. The third kappa shape index (κ3) is 3.78. The molecule has 100 valence electrons. The number of halogens is 2. The summed E-state index contributed by atoms with van der Waals surface area (Å²) >= 11 is 3.24. The molecule has 0 atom stereocenters. The van der Waals surface area contributed by atoms with Gasteiger partial charge in [0.15, 0.2) is 0 Å². The third-order valence-electron chi connectivity index (χ3n) is 2.80. The van der Waals surface area contributed by atoms with E-state index in [0.717, 1.165) is 12.0 Å². The van der Waals surface area contributed by atoms with Gasteiger partial charge in [0, 0.05) is 10.5 Å². The van der Waals surface area contributed by atoms with Crippen molar-refractivity contribution in [1.82, 2.24) is 0 Å². The van der Waals surface area contributed by atoms with Gasteiger partial charge in [-0.2, -0.15) is 0 Å². The van der Waals surface area contributed by atoms with E-state index < -0.39 is 0 Å². The van der Waals surface area contributed by atoms with Crippen LogP contribution >= 0.6 is 15.9 Å². The summed E-state index contributed by atoms with van der Waals surface area (Å²) in [5, 5.41) is 0. The summed E-state index contributed by atoms with van der Waals surface area (Å²) in [6, 6.07) is 10.3. The highest BCUT2D eigenvalue weighted by atomic mass is 79.9. The summed E-state index contributed by atoms with van der Waals surface area (Å²) in [5.74, 6) is 0.828. The van der Waals surface area contributed by atoms with Gasteiger partial charge in [-0.25, -0.2) is 4.39 Å². The van der Waals surface area contributed by atoms with Gasteiger partial charge >= 0.3 is 0 Å². The standard InChI is InChI=1S/C15H15BrFNO/c1-10-6-14(3-2-11(10)4-5-18)19-15-8-12(16)7-13(17)9-15/h2-3,6-9H,4-5,18H2,1H3. The first-order valence-corrected chi connectivity index (χ1v) is 6.81. The second-order valence-corrected chi connectivity index (χ2v) is 5.25. The Morgan fingerprint density at radius 1 is 1.16 bits per heavy atom. The van der Waals surface area contributed by atoms with E-state index in [1.165, 1.54) is 17.7 Å². The molecular formula is C15H15BrFNO. The van der Waals surface area contributed by atoms with E-state index >= 15 is 0 Å². The average Bonchev–Trinajstić information content (AvgIpc) is 2.31. The van der Waals surface area contributed by atoms with Crippen LogP contribution in [-0.4, -0.2) is 6.54 Å². The van der Waals surface area contributed by atoms with Crippen LogP contribution in [0.5, 0.6) is 11.5 Å². The first kappa shape index (κ1) is 14.0. The zero-order valence-corrected chi connectivity index (χ0v) is 12.2. The molecule has 0 heterocycles. The van der Waals surface area contributed by atoms with Gasteiger partial charge in [-0.1, -0.05) is 22.0 Å². The van der Waals surface area contributed by atoms with Crippen LogP contribution < -0.4 is 10.5 Å². The number of benzene rings is 2. The number of nitrogens with two attached hydrogens (primary N) is 1. The van der Waals surface area contributed by atoms with Crippen LogP contribution in [0.3, 0.4) is 0 Å². The van der Waals surface area contributed by atoms with Crippen LogP contribution in [0.25, 0.3) is 0 Å². The monoisotopic (exact) mass is 323 g/mol. The van der Waals surface area contributed by atoms with E-state index in [9.17, 15) is 4.39 Å². The van der Waals surface area contributed by atoms with Crippen molar-refractivity contribution in [3.8, 4) is 11.5 Å². The van der Waals surface area contributed by atoms with Crippen LogP contribution in [0.4, 0.5) is 4.39 Å². The Kier molecular flexibility index (Phi) is 4.56. The van der Waals surface area contributed by atoms with Gasteiger partial charge in [-0.05, 0) is 55.3 Å². The van der Waals surface area contributed by atoms with E-state index in [1.807, 2.05) is 25.1 Å². The molecule has 0 aliphatic rings. The van der Waals surface area contributed by atoms with Gasteiger partial charge in [0.05, 0.1) is 0 Å². The predicted molar refractivity (Wildman–Crippen MR) is 78.1 cm³/mol. The maximum absolute atomic E-state index is 13.3. The van der Waals surface area contributed by atoms with Gasteiger partial charge in [0.25, 0.3) is 0 Å². The largest absolute Gasteiger partial charge is 0.457 e. The molecule has 19 heavy (non-hydrogen) atoms. The summed E-state index contributed by atoms with van der Waals surface area (Å²) in [5.41, 5.74) is 7.87. The molecule has 0 unspecified atom stereocenters. The Morgan fingerprint density at radius 3 is 2.58 bits per heavy atom. The first-order valence-electron chi connectivity index (χ1n) is 6.02. The van der Waals surface area contributed by atoms with Crippen molar-refractivity contribution in [3.63, 3.8) is 0 Å². The molecule has 0 bridgehead atoms. The number of hydrogen-bond donors (Lipinski definition) is 1. The van der Waals surface area contributed by atoms with E-state index in [-0.39, 0.29) is 5.82 Å². The summed E-state index contributed by atoms with van der Waals surface area (Å²) in [6.45, 7) is 2.64. The Balaban J connectivity index is 2.21. The number of rotatable bonds is 4. The van der Waals surface area contributed by atoms with Crippen LogP contribution in [-0.2, 0) is 6.42 Å². The molecule has 0 spiro atoms. The summed E-state index contributed by atoms with van der Waals surface area (Å²) in [7, 11) is 0. The Hall–Kier alpha value is -1.39. The van der Waals surface area contributed by atoms with Crippen molar-refractivity contribution in [3.05, 3.63) is 57.8 Å². The minimum absolute atomic E-state index is 0.333. The molecule has 0 aromatic heterocycles. The SMILES string of the molecule is Cc1cc(Oc2cc(F)cc(Br)c2)ccc1CCN. The van der Waals surface area contributed by atoms with Crippen LogP contribution in [0.15, 0.2) is 40.9 Å². The summed E-state index contributed by atoms with van der Waals surface area (Å²) < 4.78 is 19.6. The van der Waals surface area contributed by atoms with Gasteiger partial charge < -0.3 is 10.5 Å². The lowest BCUT2D eigenvalue weighted by atomic mass is 10.1. The highest BCUT2D eigenvalue weighted by molar-refractivity contribution is 9.10. The van der Waals surface area contributed by atoms with Crippen molar-refractivity contribution in [1.29, 1.82) is 0 Å². The first-order chi connectivity index (χ1) is 9.08. The zero-order valence-electron chi connectivity index (χ0n) is 10.6. The lowest BCUT2D eigenvalue weighted by molar-refractivity contribution is 0.475. The van der Waals surface area contributed by atoms with Crippen LogP contribution in [0, 0.1) is 12.7 Å². The normalized spacial score (nSPS) is 10.5. The molecule has 0 amide bonds. The molecular weight excluding hydrogens is 309 g/mol. The molecule has 2 rings (SSSR count). The quantitative estimate of drug-likeness (QED) is 0.915. The fourth-order valence-electron chi connectivity index (χ4n) is 1.89. The van der Waals surface area contributed by atoms with Crippen molar-refractivity contribution in [2.45, 2.75) is 13.3 Å². The van der Waals surface area contributed by atoms with E-state index in [2.05, 4.69) is 15.9 Å². The Labute approximate surface area is 120 Å². The van der Waals surface area contributed by atoms with Crippen molar-refractivity contribution in [2.75, 3.05) is 6.54 Å². The predicted octanol–water partition coefficient (Wildman–Crippen LogP) is 4.19. The van der Waals surface area contributed by atoms with Crippen LogP contribution in [0.2, 0.25) is 0 Å². The molecule has 0 radical (unpaired) electrons. The highest BCUT2D eigenvalue weighted by Gasteiger charge is 2.04. The van der Waals surface area contributed by atoms with Crippen molar-refractivity contribution < 1.29 is 9.13 Å². The third-order valence-corrected chi connectivity index (χ3v) is 3.26. The Morgan fingerprint density at radius 2 is 1.95 bits per heavy atom.